The summed E-state index contributed by atoms with van der Waals surface area (Å²) in [6, 6.07) is 10.1. The summed E-state index contributed by atoms with van der Waals surface area (Å²) in [5, 5.41) is 22.3. The number of benzene rings is 1. The normalized spacial score (nSPS) is 23.0. The van der Waals surface area contributed by atoms with Crippen molar-refractivity contribution in [2.45, 2.75) is 51.0 Å². The highest BCUT2D eigenvalue weighted by Gasteiger charge is 2.47. The second kappa shape index (κ2) is 8.33. The number of carbonyl (C=O) groups is 1. The van der Waals surface area contributed by atoms with E-state index in [2.05, 4.69) is 16.3 Å². The minimum atomic E-state index is -0.625. The summed E-state index contributed by atoms with van der Waals surface area (Å²) in [5.74, 6) is 0.177. The van der Waals surface area contributed by atoms with E-state index in [-0.39, 0.29) is 5.41 Å². The summed E-state index contributed by atoms with van der Waals surface area (Å²) in [6.45, 7) is 4.14. The molecule has 2 aliphatic carbocycles. The molecule has 0 amide bonds. The molecule has 0 bridgehead atoms. The zero-order valence-electron chi connectivity index (χ0n) is 17.0. The molecule has 156 valence electrons. The minimum absolute atomic E-state index is 0.0724. The van der Waals surface area contributed by atoms with E-state index < -0.39 is 11.4 Å². The van der Waals surface area contributed by atoms with Gasteiger partial charge >= 0.3 is 5.97 Å². The third-order valence-corrected chi connectivity index (χ3v) is 7.08. The van der Waals surface area contributed by atoms with Gasteiger partial charge in [-0.05, 0) is 75.9 Å². The van der Waals surface area contributed by atoms with Gasteiger partial charge in [-0.25, -0.2) is 0 Å². The van der Waals surface area contributed by atoms with Gasteiger partial charge in [-0.2, -0.15) is 5.26 Å². The zero-order valence-corrected chi connectivity index (χ0v) is 17.0. The van der Waals surface area contributed by atoms with Gasteiger partial charge in [0.2, 0.25) is 0 Å². The van der Waals surface area contributed by atoms with Crippen molar-refractivity contribution < 1.29 is 14.6 Å². The molecule has 3 fully saturated rings. The van der Waals surface area contributed by atoms with E-state index in [4.69, 9.17) is 10.00 Å². The molecule has 3 aliphatic rings. The first-order valence-electron chi connectivity index (χ1n) is 10.8. The Bertz CT molecular complexity index is 755. The fourth-order valence-electron chi connectivity index (χ4n) is 4.54. The van der Waals surface area contributed by atoms with E-state index in [0.29, 0.717) is 24.8 Å². The molecule has 0 atom stereocenters. The number of likely N-dealkylation sites (tertiary alicyclic amines) is 1. The van der Waals surface area contributed by atoms with Crippen LogP contribution in [0.5, 0.6) is 5.75 Å². The summed E-state index contributed by atoms with van der Waals surface area (Å²) >= 11 is 0. The van der Waals surface area contributed by atoms with Gasteiger partial charge in [-0.1, -0.05) is 6.42 Å². The zero-order chi connectivity index (χ0) is 20.3. The topological polar surface area (TPSA) is 85.6 Å². The molecule has 0 aromatic heterocycles. The number of ether oxygens (including phenoxy) is 1. The van der Waals surface area contributed by atoms with Crippen LogP contribution in [-0.2, 0) is 4.79 Å². The van der Waals surface area contributed by atoms with Crippen LogP contribution in [0.2, 0.25) is 0 Å². The van der Waals surface area contributed by atoms with Gasteiger partial charge in [0.1, 0.15) is 5.75 Å². The second-order valence-corrected chi connectivity index (χ2v) is 9.30. The Hall–Kier alpha value is -2.10. The van der Waals surface area contributed by atoms with E-state index >= 15 is 0 Å². The van der Waals surface area contributed by atoms with Gasteiger partial charge in [-0.3, -0.25) is 4.79 Å². The highest BCUT2D eigenvalue weighted by molar-refractivity contribution is 5.76. The fraction of sp³-hybridized carbons (Fsp3) is 0.652. The standard InChI is InChI=1S/C23H31N3O3/c24-14-18-2-6-20(7-3-18)29-17-22(15-25-19-4-5-19)10-12-26(13-11-22)16-23(21(27)28)8-1-9-23/h2-3,6-7,19,25H,1,4-5,8-13,15-17H2,(H,27,28). The molecule has 0 unspecified atom stereocenters. The molecule has 29 heavy (non-hydrogen) atoms. The molecule has 1 aliphatic heterocycles. The first-order valence-corrected chi connectivity index (χ1v) is 10.8. The molecule has 2 saturated carbocycles. The molecule has 0 spiro atoms. The number of piperidine rings is 1. The molecule has 6 nitrogen and oxygen atoms in total. The third kappa shape index (κ3) is 4.73. The first-order chi connectivity index (χ1) is 14.0. The molecule has 0 radical (unpaired) electrons. The SMILES string of the molecule is N#Cc1ccc(OCC2(CNC3CC3)CCN(CC3(C(=O)O)CCC3)CC2)cc1. The van der Waals surface area contributed by atoms with Crippen LogP contribution >= 0.6 is 0 Å². The predicted molar refractivity (Wildman–Crippen MR) is 110 cm³/mol. The third-order valence-electron chi connectivity index (χ3n) is 7.08. The van der Waals surface area contributed by atoms with Gasteiger partial charge in [0.15, 0.2) is 0 Å². The van der Waals surface area contributed by atoms with Crippen LogP contribution in [-0.4, -0.2) is 54.8 Å². The van der Waals surface area contributed by atoms with Crippen LogP contribution in [0.4, 0.5) is 0 Å². The van der Waals surface area contributed by atoms with Crippen molar-refractivity contribution in [3.63, 3.8) is 0 Å². The number of aliphatic carboxylic acids is 1. The number of nitrogens with one attached hydrogen (secondary N) is 1. The molecule has 1 aromatic carbocycles. The number of hydrogen-bond acceptors (Lipinski definition) is 5. The predicted octanol–water partition coefficient (Wildman–Crippen LogP) is 3.03. The van der Waals surface area contributed by atoms with Gasteiger partial charge in [0, 0.05) is 24.5 Å². The fourth-order valence-corrected chi connectivity index (χ4v) is 4.54. The van der Waals surface area contributed by atoms with Crippen molar-refractivity contribution in [2.75, 3.05) is 32.8 Å². The Morgan fingerprint density at radius 1 is 1.21 bits per heavy atom. The van der Waals surface area contributed by atoms with Gasteiger partial charge in [-0.15, -0.1) is 0 Å². The second-order valence-electron chi connectivity index (χ2n) is 9.30. The van der Waals surface area contributed by atoms with Gasteiger partial charge in [0.25, 0.3) is 0 Å². The Labute approximate surface area is 172 Å². The molecule has 2 N–H and O–H groups in total. The maximum atomic E-state index is 11.7. The number of hydrogen-bond donors (Lipinski definition) is 2. The summed E-state index contributed by atoms with van der Waals surface area (Å²) in [7, 11) is 0. The lowest BCUT2D eigenvalue weighted by molar-refractivity contribution is -0.156. The molecular formula is C23H31N3O3. The van der Waals surface area contributed by atoms with Crippen molar-refractivity contribution >= 4 is 5.97 Å². The van der Waals surface area contributed by atoms with E-state index in [1.807, 2.05) is 12.1 Å². The summed E-state index contributed by atoms with van der Waals surface area (Å²) in [5.41, 5.74) is 0.202. The first kappa shape index (κ1) is 20.2. The van der Waals surface area contributed by atoms with Crippen molar-refractivity contribution in [1.82, 2.24) is 10.2 Å². The van der Waals surface area contributed by atoms with Crippen LogP contribution in [0.25, 0.3) is 0 Å². The van der Waals surface area contributed by atoms with Crippen LogP contribution < -0.4 is 10.1 Å². The van der Waals surface area contributed by atoms with Crippen LogP contribution in [0.3, 0.4) is 0 Å². The lowest BCUT2D eigenvalue weighted by Gasteiger charge is -2.46. The Kier molecular flexibility index (Phi) is 5.80. The molecule has 1 saturated heterocycles. The van der Waals surface area contributed by atoms with Crippen molar-refractivity contribution in [3.05, 3.63) is 29.8 Å². The minimum Gasteiger partial charge on any atom is -0.493 e. The number of carboxylic acid groups (broad SMARTS) is 1. The van der Waals surface area contributed by atoms with E-state index in [0.717, 1.165) is 57.5 Å². The van der Waals surface area contributed by atoms with Crippen LogP contribution in [0.1, 0.15) is 50.5 Å². The largest absolute Gasteiger partial charge is 0.493 e. The molecule has 4 rings (SSSR count). The average molecular weight is 398 g/mol. The number of nitrogens with zero attached hydrogens (tertiary/aromatic N) is 2. The summed E-state index contributed by atoms with van der Waals surface area (Å²) in [6.07, 6.45) is 7.22. The quantitative estimate of drug-likeness (QED) is 0.666. The van der Waals surface area contributed by atoms with Crippen LogP contribution in [0.15, 0.2) is 24.3 Å². The molecule has 6 heteroatoms. The Morgan fingerprint density at radius 3 is 2.41 bits per heavy atom. The number of rotatable bonds is 9. The highest BCUT2D eigenvalue weighted by atomic mass is 16.5. The molecular weight excluding hydrogens is 366 g/mol. The summed E-state index contributed by atoms with van der Waals surface area (Å²) < 4.78 is 6.15. The van der Waals surface area contributed by atoms with E-state index in [9.17, 15) is 9.90 Å². The maximum Gasteiger partial charge on any atom is 0.310 e. The monoisotopic (exact) mass is 397 g/mol. The Balaban J connectivity index is 1.35. The lowest BCUT2D eigenvalue weighted by atomic mass is 9.68. The Morgan fingerprint density at radius 2 is 1.90 bits per heavy atom. The number of nitriles is 1. The average Bonchev–Trinajstić information content (AvgIpc) is 3.54. The summed E-state index contributed by atoms with van der Waals surface area (Å²) in [4.78, 5) is 14.1. The number of carboxylic acids is 1. The highest BCUT2D eigenvalue weighted by Crippen LogP contribution is 2.43. The van der Waals surface area contributed by atoms with Gasteiger partial charge in [0.05, 0.1) is 23.7 Å². The lowest BCUT2D eigenvalue weighted by Crippen LogP contribution is -2.53. The molecule has 1 aromatic rings. The van der Waals surface area contributed by atoms with Crippen molar-refractivity contribution in [1.29, 1.82) is 5.26 Å². The van der Waals surface area contributed by atoms with Crippen molar-refractivity contribution in [3.8, 4) is 11.8 Å². The van der Waals surface area contributed by atoms with E-state index in [1.165, 1.54) is 12.8 Å². The van der Waals surface area contributed by atoms with E-state index in [1.54, 1.807) is 12.1 Å². The smallest absolute Gasteiger partial charge is 0.310 e. The van der Waals surface area contributed by atoms with Crippen molar-refractivity contribution in [2.24, 2.45) is 10.8 Å². The van der Waals surface area contributed by atoms with Crippen LogP contribution in [0, 0.1) is 22.2 Å². The maximum absolute atomic E-state index is 11.7. The molecule has 1 heterocycles. The van der Waals surface area contributed by atoms with Gasteiger partial charge < -0.3 is 20.1 Å².